The van der Waals surface area contributed by atoms with Crippen LogP contribution in [0.1, 0.15) is 25.7 Å². The largest absolute Gasteiger partial charge is 0.366 e. The van der Waals surface area contributed by atoms with E-state index in [0.29, 0.717) is 6.04 Å². The number of hydrogen-bond donors (Lipinski definition) is 3. The van der Waals surface area contributed by atoms with Gasteiger partial charge in [-0.15, -0.1) is 0 Å². The number of nitrogens with zero attached hydrogens (tertiary/aromatic N) is 2. The van der Waals surface area contributed by atoms with Gasteiger partial charge in [0, 0.05) is 12.6 Å². The first-order valence-corrected chi connectivity index (χ1v) is 8.50. The van der Waals surface area contributed by atoms with Crippen LogP contribution in [0.2, 0.25) is 0 Å². The molecule has 0 radical (unpaired) electrons. The van der Waals surface area contributed by atoms with E-state index in [1.165, 1.54) is 37.1 Å². The van der Waals surface area contributed by atoms with Gasteiger partial charge in [0.15, 0.2) is 5.96 Å². The molecule has 0 spiro atoms. The lowest BCUT2D eigenvalue weighted by Gasteiger charge is -2.27. The number of hydrogen-bond acceptors (Lipinski definition) is 5. The maximum atomic E-state index is 4.41. The van der Waals surface area contributed by atoms with Crippen molar-refractivity contribution in [2.45, 2.75) is 31.7 Å². The minimum Gasteiger partial charge on any atom is -0.366 e. The van der Waals surface area contributed by atoms with Crippen molar-refractivity contribution in [2.24, 2.45) is 4.99 Å². The number of guanidine groups is 1. The third kappa shape index (κ3) is 2.35. The van der Waals surface area contributed by atoms with Gasteiger partial charge in [-0.3, -0.25) is 4.99 Å². The third-order valence-corrected chi connectivity index (χ3v) is 5.34. The molecule has 1 fully saturated rings. The van der Waals surface area contributed by atoms with E-state index < -0.39 is 0 Å². The molecule has 1 saturated carbocycles. The van der Waals surface area contributed by atoms with E-state index >= 15 is 0 Å². The standard InChI is InChI=1S/C15H20BrN5/c16-13-11(20-15-17-7-8-18-15)5-6-12-14(13)21(9-19-12)10-3-1-2-4-10/h5-6,10,19H,1-4,7-9H2,(H2,17,18,20). The summed E-state index contributed by atoms with van der Waals surface area (Å²) in [5.41, 5.74) is 3.60. The van der Waals surface area contributed by atoms with Gasteiger partial charge < -0.3 is 20.9 Å². The maximum Gasteiger partial charge on any atom is 0.195 e. The first-order valence-electron chi connectivity index (χ1n) is 7.71. The molecule has 3 N–H and O–H groups in total. The minimum atomic E-state index is 0.673. The van der Waals surface area contributed by atoms with Crippen LogP contribution in [0.15, 0.2) is 21.6 Å². The molecular weight excluding hydrogens is 330 g/mol. The molecule has 21 heavy (non-hydrogen) atoms. The van der Waals surface area contributed by atoms with E-state index in [4.69, 9.17) is 0 Å². The first-order chi connectivity index (χ1) is 10.3. The summed E-state index contributed by atoms with van der Waals surface area (Å²) < 4.78 is 1.13. The zero-order chi connectivity index (χ0) is 14.2. The van der Waals surface area contributed by atoms with Gasteiger partial charge in [-0.05, 0) is 40.9 Å². The SMILES string of the molecule is Brc1c(NC2=NCCN2)ccc2c1N(C1CCCC1)CN2. The van der Waals surface area contributed by atoms with Crippen molar-refractivity contribution in [3.8, 4) is 0 Å². The highest BCUT2D eigenvalue weighted by Crippen LogP contribution is 2.45. The Morgan fingerprint density at radius 1 is 1.24 bits per heavy atom. The molecule has 0 aromatic heterocycles. The highest BCUT2D eigenvalue weighted by Gasteiger charge is 2.30. The van der Waals surface area contributed by atoms with Crippen molar-refractivity contribution in [1.29, 1.82) is 0 Å². The molecule has 5 nitrogen and oxygen atoms in total. The molecule has 1 aliphatic carbocycles. The fraction of sp³-hybridized carbons (Fsp3) is 0.533. The van der Waals surface area contributed by atoms with Crippen LogP contribution in [-0.4, -0.2) is 31.8 Å². The van der Waals surface area contributed by atoms with E-state index in [9.17, 15) is 0 Å². The Morgan fingerprint density at radius 3 is 2.86 bits per heavy atom. The molecule has 0 bridgehead atoms. The van der Waals surface area contributed by atoms with Crippen molar-refractivity contribution < 1.29 is 0 Å². The summed E-state index contributed by atoms with van der Waals surface area (Å²) in [6, 6.07) is 4.94. The lowest BCUT2D eigenvalue weighted by Crippen LogP contribution is -2.33. The van der Waals surface area contributed by atoms with Crippen LogP contribution in [0.25, 0.3) is 0 Å². The molecule has 0 atom stereocenters. The quantitative estimate of drug-likeness (QED) is 0.768. The molecule has 0 unspecified atom stereocenters. The molecule has 4 rings (SSSR count). The average Bonchev–Trinajstić information content (AvgIpc) is 3.21. The number of rotatable bonds is 2. The molecule has 2 aliphatic heterocycles. The van der Waals surface area contributed by atoms with Crippen LogP contribution in [0.4, 0.5) is 17.1 Å². The highest BCUT2D eigenvalue weighted by atomic mass is 79.9. The Bertz CT molecular complexity index is 580. The van der Waals surface area contributed by atoms with Gasteiger partial charge in [-0.1, -0.05) is 12.8 Å². The van der Waals surface area contributed by atoms with Crippen molar-refractivity contribution >= 4 is 39.0 Å². The van der Waals surface area contributed by atoms with Gasteiger partial charge in [0.2, 0.25) is 0 Å². The average molecular weight is 350 g/mol. The van der Waals surface area contributed by atoms with Crippen molar-refractivity contribution in [3.63, 3.8) is 0 Å². The van der Waals surface area contributed by atoms with E-state index in [1.54, 1.807) is 0 Å². The van der Waals surface area contributed by atoms with E-state index in [-0.39, 0.29) is 0 Å². The monoisotopic (exact) mass is 349 g/mol. The van der Waals surface area contributed by atoms with Gasteiger partial charge in [0.1, 0.15) is 0 Å². The third-order valence-electron chi connectivity index (χ3n) is 4.54. The summed E-state index contributed by atoms with van der Waals surface area (Å²) >= 11 is 3.80. The maximum absolute atomic E-state index is 4.41. The molecule has 0 saturated heterocycles. The molecule has 2 heterocycles. The second-order valence-corrected chi connectivity index (χ2v) is 6.64. The molecule has 3 aliphatic rings. The molecule has 1 aromatic rings. The second kappa shape index (κ2) is 5.40. The second-order valence-electron chi connectivity index (χ2n) is 5.85. The predicted octanol–water partition coefficient (Wildman–Crippen LogP) is 2.95. The first kappa shape index (κ1) is 13.2. The zero-order valence-corrected chi connectivity index (χ0v) is 13.5. The summed E-state index contributed by atoms with van der Waals surface area (Å²) in [6.07, 6.45) is 5.32. The zero-order valence-electron chi connectivity index (χ0n) is 12.0. The van der Waals surface area contributed by atoms with Crippen molar-refractivity contribution in [2.75, 3.05) is 35.3 Å². The number of fused-ring (bicyclic) bond motifs is 1. The normalized spacial score (nSPS) is 21.0. The summed E-state index contributed by atoms with van der Waals surface area (Å²) in [5.74, 6) is 0.869. The molecule has 1 aromatic carbocycles. The molecule has 0 amide bonds. The topological polar surface area (TPSA) is 51.7 Å². The number of aliphatic imine (C=N–C) groups is 1. The fourth-order valence-corrected chi connectivity index (χ4v) is 4.14. The number of benzene rings is 1. The van der Waals surface area contributed by atoms with Crippen LogP contribution in [0.5, 0.6) is 0 Å². The minimum absolute atomic E-state index is 0.673. The Labute approximate surface area is 133 Å². The number of halogens is 1. The van der Waals surface area contributed by atoms with Crippen LogP contribution in [0, 0.1) is 0 Å². The van der Waals surface area contributed by atoms with Gasteiger partial charge in [0.25, 0.3) is 0 Å². The van der Waals surface area contributed by atoms with Crippen molar-refractivity contribution in [3.05, 3.63) is 16.6 Å². The van der Waals surface area contributed by atoms with Gasteiger partial charge in [-0.2, -0.15) is 0 Å². The van der Waals surface area contributed by atoms with Crippen LogP contribution in [-0.2, 0) is 0 Å². The highest BCUT2D eigenvalue weighted by molar-refractivity contribution is 9.10. The molecular formula is C15H20BrN5. The van der Waals surface area contributed by atoms with Crippen molar-refractivity contribution in [1.82, 2.24) is 5.32 Å². The van der Waals surface area contributed by atoms with E-state index in [0.717, 1.165) is 35.9 Å². The van der Waals surface area contributed by atoms with E-state index in [1.807, 2.05) is 0 Å². The summed E-state index contributed by atoms with van der Waals surface area (Å²) in [6.45, 7) is 2.68. The lowest BCUT2D eigenvalue weighted by atomic mass is 10.2. The molecule has 6 heteroatoms. The lowest BCUT2D eigenvalue weighted by molar-refractivity contribution is 0.634. The molecule has 112 valence electrons. The van der Waals surface area contributed by atoms with Gasteiger partial charge in [0.05, 0.1) is 34.7 Å². The summed E-state index contributed by atoms with van der Waals surface area (Å²) in [5, 5.41) is 10.2. The number of nitrogens with one attached hydrogen (secondary N) is 3. The van der Waals surface area contributed by atoms with Gasteiger partial charge in [-0.25, -0.2) is 0 Å². The number of anilines is 3. The summed E-state index contributed by atoms with van der Waals surface area (Å²) in [7, 11) is 0. The van der Waals surface area contributed by atoms with E-state index in [2.05, 4.69) is 53.9 Å². The Morgan fingerprint density at radius 2 is 2.10 bits per heavy atom. The Hall–Kier alpha value is -1.43. The predicted molar refractivity (Wildman–Crippen MR) is 91.3 cm³/mol. The van der Waals surface area contributed by atoms with Gasteiger partial charge >= 0.3 is 0 Å². The Balaban J connectivity index is 1.64. The Kier molecular flexibility index (Phi) is 3.41. The smallest absolute Gasteiger partial charge is 0.195 e. The van der Waals surface area contributed by atoms with Crippen LogP contribution >= 0.6 is 15.9 Å². The van der Waals surface area contributed by atoms with Crippen LogP contribution < -0.4 is 20.9 Å². The van der Waals surface area contributed by atoms with Crippen LogP contribution in [0.3, 0.4) is 0 Å². The fourth-order valence-electron chi connectivity index (χ4n) is 3.47. The summed E-state index contributed by atoms with van der Waals surface area (Å²) in [4.78, 5) is 6.92.